The number of carbonyl (C=O) groups excluding carboxylic acids is 1. The van der Waals surface area contributed by atoms with Crippen molar-refractivity contribution in [1.29, 1.82) is 0 Å². The van der Waals surface area contributed by atoms with Crippen molar-refractivity contribution < 1.29 is 9.53 Å². The van der Waals surface area contributed by atoms with Gasteiger partial charge in [0.2, 0.25) is 0 Å². The Morgan fingerprint density at radius 2 is 2.50 bits per heavy atom. The predicted molar refractivity (Wildman–Crippen MR) is 54.4 cm³/mol. The van der Waals surface area contributed by atoms with Crippen LogP contribution >= 0.6 is 11.3 Å². The van der Waals surface area contributed by atoms with Crippen LogP contribution in [0.25, 0.3) is 0 Å². The fraction of sp³-hybridized carbons (Fsp3) is 0.600. The molecule has 76 valence electrons. The lowest BCUT2D eigenvalue weighted by Gasteiger charge is -2.00. The number of ether oxygens (including phenoxy) is 1. The van der Waals surface area contributed by atoms with E-state index in [0.29, 0.717) is 18.2 Å². The van der Waals surface area contributed by atoms with Gasteiger partial charge in [-0.25, -0.2) is 9.78 Å². The Morgan fingerprint density at radius 3 is 3.00 bits per heavy atom. The number of hydrogen-bond donors (Lipinski definition) is 0. The lowest BCUT2D eigenvalue weighted by molar-refractivity contribution is 0.0475. The summed E-state index contributed by atoms with van der Waals surface area (Å²) in [4.78, 5) is 15.5. The Bertz CT molecular complexity index is 348. The molecule has 0 saturated heterocycles. The van der Waals surface area contributed by atoms with Gasteiger partial charge in [0.15, 0.2) is 5.69 Å². The van der Waals surface area contributed by atoms with E-state index < -0.39 is 0 Å². The molecule has 14 heavy (non-hydrogen) atoms. The monoisotopic (exact) mass is 211 g/mol. The lowest BCUT2D eigenvalue weighted by Crippen LogP contribution is -2.08. The molecule has 2 atom stereocenters. The maximum atomic E-state index is 11.4. The summed E-state index contributed by atoms with van der Waals surface area (Å²) in [6.07, 6.45) is 1.18. The van der Waals surface area contributed by atoms with Crippen LogP contribution in [0.4, 0.5) is 0 Å². The molecule has 0 N–H and O–H groups in total. The van der Waals surface area contributed by atoms with Gasteiger partial charge in [-0.15, -0.1) is 11.3 Å². The van der Waals surface area contributed by atoms with Gasteiger partial charge in [0, 0.05) is 5.38 Å². The quantitative estimate of drug-likeness (QED) is 0.720. The number of rotatable bonds is 3. The molecule has 0 spiro atoms. The van der Waals surface area contributed by atoms with Crippen LogP contribution < -0.4 is 0 Å². The molecular weight excluding hydrogens is 198 g/mol. The maximum Gasteiger partial charge on any atom is 0.357 e. The number of nitrogens with zero attached hydrogens (tertiary/aromatic N) is 1. The molecule has 1 saturated carbocycles. The second-order valence-corrected chi connectivity index (χ2v) is 4.89. The smallest absolute Gasteiger partial charge is 0.357 e. The Labute approximate surface area is 87.1 Å². The Kier molecular flexibility index (Phi) is 2.54. The van der Waals surface area contributed by atoms with Gasteiger partial charge in [0.1, 0.15) is 0 Å². The third kappa shape index (κ3) is 2.12. The average Bonchev–Trinajstić information content (AvgIpc) is 2.66. The molecule has 3 nitrogen and oxygen atoms in total. The van der Waals surface area contributed by atoms with Crippen molar-refractivity contribution in [3.63, 3.8) is 0 Å². The van der Waals surface area contributed by atoms with Crippen molar-refractivity contribution in [2.75, 3.05) is 6.61 Å². The molecule has 4 heteroatoms. The number of aromatic nitrogens is 1. The fourth-order valence-electron chi connectivity index (χ4n) is 1.35. The zero-order chi connectivity index (χ0) is 10.1. The molecule has 1 aromatic rings. The first-order valence-corrected chi connectivity index (χ1v) is 5.64. The molecular formula is C10H13NO2S. The van der Waals surface area contributed by atoms with E-state index in [4.69, 9.17) is 4.74 Å². The van der Waals surface area contributed by atoms with Crippen molar-refractivity contribution in [1.82, 2.24) is 4.98 Å². The Morgan fingerprint density at radius 1 is 1.79 bits per heavy atom. The second kappa shape index (κ2) is 3.69. The summed E-state index contributed by atoms with van der Waals surface area (Å²) >= 11 is 1.47. The molecule has 0 bridgehead atoms. The van der Waals surface area contributed by atoms with Crippen molar-refractivity contribution in [3.05, 3.63) is 16.1 Å². The molecule has 0 aliphatic heterocycles. The molecule has 1 aromatic heterocycles. The van der Waals surface area contributed by atoms with Crippen LogP contribution in [0.3, 0.4) is 0 Å². The third-order valence-electron chi connectivity index (χ3n) is 2.53. The summed E-state index contributed by atoms with van der Waals surface area (Å²) in [5.41, 5.74) is 0.445. The molecule has 1 aliphatic carbocycles. The van der Waals surface area contributed by atoms with Gasteiger partial charge < -0.3 is 4.74 Å². The molecule has 0 aromatic carbocycles. The first-order valence-electron chi connectivity index (χ1n) is 4.76. The van der Waals surface area contributed by atoms with Crippen LogP contribution in [-0.2, 0) is 4.74 Å². The minimum Gasteiger partial charge on any atom is -0.461 e. The van der Waals surface area contributed by atoms with Crippen LogP contribution in [0.5, 0.6) is 0 Å². The van der Waals surface area contributed by atoms with Gasteiger partial charge in [-0.3, -0.25) is 0 Å². The van der Waals surface area contributed by atoms with Crippen LogP contribution in [-0.4, -0.2) is 17.6 Å². The summed E-state index contributed by atoms with van der Waals surface area (Å²) in [5, 5.41) is 2.64. The van der Waals surface area contributed by atoms with Crippen LogP contribution in [0.15, 0.2) is 5.38 Å². The Balaban J connectivity index is 1.83. The minimum atomic E-state index is -0.284. The van der Waals surface area contributed by atoms with E-state index >= 15 is 0 Å². The first-order chi connectivity index (χ1) is 6.66. The van der Waals surface area contributed by atoms with E-state index in [1.54, 1.807) is 5.38 Å². The van der Waals surface area contributed by atoms with Crippen molar-refractivity contribution in [2.24, 2.45) is 11.8 Å². The van der Waals surface area contributed by atoms with Crippen molar-refractivity contribution in [3.8, 4) is 0 Å². The van der Waals surface area contributed by atoms with E-state index in [2.05, 4.69) is 11.9 Å². The summed E-state index contributed by atoms with van der Waals surface area (Å²) in [5.74, 6) is 1.02. The molecule has 0 radical (unpaired) electrons. The molecule has 0 amide bonds. The van der Waals surface area contributed by atoms with E-state index in [9.17, 15) is 4.79 Å². The summed E-state index contributed by atoms with van der Waals surface area (Å²) in [6.45, 7) is 4.60. The molecule has 1 aliphatic rings. The van der Waals surface area contributed by atoms with Gasteiger partial charge in [0.05, 0.1) is 11.6 Å². The molecule has 1 heterocycles. The van der Waals surface area contributed by atoms with Crippen LogP contribution in [0.2, 0.25) is 0 Å². The number of esters is 1. The van der Waals surface area contributed by atoms with E-state index in [-0.39, 0.29) is 5.97 Å². The zero-order valence-corrected chi connectivity index (χ0v) is 9.13. The largest absolute Gasteiger partial charge is 0.461 e. The van der Waals surface area contributed by atoms with Crippen LogP contribution in [0, 0.1) is 18.8 Å². The molecule has 0 unspecified atom stereocenters. The lowest BCUT2D eigenvalue weighted by atomic mass is 10.4. The molecule has 2 rings (SSSR count). The van der Waals surface area contributed by atoms with Crippen molar-refractivity contribution >= 4 is 17.3 Å². The number of aryl methyl sites for hydroxylation is 1. The summed E-state index contributed by atoms with van der Waals surface area (Å²) in [6, 6.07) is 0. The van der Waals surface area contributed by atoms with Gasteiger partial charge in [-0.1, -0.05) is 6.92 Å². The van der Waals surface area contributed by atoms with E-state index in [1.807, 2.05) is 6.92 Å². The molecule has 1 fully saturated rings. The van der Waals surface area contributed by atoms with E-state index in [0.717, 1.165) is 10.9 Å². The fourth-order valence-corrected chi connectivity index (χ4v) is 1.93. The standard InChI is InChI=1S/C10H13NO2S/c1-6-3-8(6)4-13-10(12)9-5-14-7(2)11-9/h5-6,8H,3-4H2,1-2H3/t6-,8-/m1/s1. The number of thiazole rings is 1. The predicted octanol–water partition coefficient (Wildman–Crippen LogP) is 2.26. The zero-order valence-electron chi connectivity index (χ0n) is 8.32. The second-order valence-electron chi connectivity index (χ2n) is 3.82. The van der Waals surface area contributed by atoms with Crippen LogP contribution in [0.1, 0.15) is 28.8 Å². The minimum absolute atomic E-state index is 0.284. The van der Waals surface area contributed by atoms with Gasteiger partial charge in [-0.05, 0) is 25.2 Å². The Hall–Kier alpha value is -0.900. The highest BCUT2D eigenvalue weighted by Gasteiger charge is 2.33. The summed E-state index contributed by atoms with van der Waals surface area (Å²) < 4.78 is 5.14. The highest BCUT2D eigenvalue weighted by molar-refractivity contribution is 7.09. The van der Waals surface area contributed by atoms with Gasteiger partial charge in [-0.2, -0.15) is 0 Å². The highest BCUT2D eigenvalue weighted by atomic mass is 32.1. The first kappa shape index (κ1) is 9.65. The van der Waals surface area contributed by atoms with Crippen molar-refractivity contribution in [2.45, 2.75) is 20.3 Å². The average molecular weight is 211 g/mol. The number of carbonyl (C=O) groups is 1. The van der Waals surface area contributed by atoms with E-state index in [1.165, 1.54) is 17.8 Å². The van der Waals surface area contributed by atoms with Gasteiger partial charge >= 0.3 is 5.97 Å². The topological polar surface area (TPSA) is 39.2 Å². The highest BCUT2D eigenvalue weighted by Crippen LogP contribution is 2.37. The number of hydrogen-bond acceptors (Lipinski definition) is 4. The van der Waals surface area contributed by atoms with Gasteiger partial charge in [0.25, 0.3) is 0 Å². The maximum absolute atomic E-state index is 11.4. The normalized spacial score (nSPS) is 24.7. The third-order valence-corrected chi connectivity index (χ3v) is 3.31. The SMILES string of the molecule is Cc1nc(C(=O)OC[C@H]2C[C@H]2C)cs1. The summed E-state index contributed by atoms with van der Waals surface area (Å²) in [7, 11) is 0.